The van der Waals surface area contributed by atoms with Crippen molar-refractivity contribution < 1.29 is 0 Å². The zero-order valence-corrected chi connectivity index (χ0v) is 6.57. The van der Waals surface area contributed by atoms with Gasteiger partial charge in [0.15, 0.2) is 0 Å². The minimum atomic E-state index is -0.0556. The van der Waals surface area contributed by atoms with Gasteiger partial charge in [-0.15, -0.1) is 0 Å². The Morgan fingerprint density at radius 2 is 2.50 bits per heavy atom. The second kappa shape index (κ2) is 3.14. The molecular formula is C7H11N5. The highest BCUT2D eigenvalue weighted by Crippen LogP contribution is 2.15. The Hall–Kier alpha value is -1.04. The summed E-state index contributed by atoms with van der Waals surface area (Å²) in [6.45, 7) is 0.818. The van der Waals surface area contributed by atoms with E-state index in [2.05, 4.69) is 20.8 Å². The molecule has 0 radical (unpaired) electrons. The van der Waals surface area contributed by atoms with Crippen molar-refractivity contribution in [3.63, 3.8) is 0 Å². The summed E-state index contributed by atoms with van der Waals surface area (Å²) >= 11 is 0. The van der Waals surface area contributed by atoms with Gasteiger partial charge in [-0.3, -0.25) is 5.43 Å². The van der Waals surface area contributed by atoms with Gasteiger partial charge in [-0.25, -0.2) is 15.4 Å². The van der Waals surface area contributed by atoms with Crippen LogP contribution >= 0.6 is 0 Å². The van der Waals surface area contributed by atoms with Crippen LogP contribution in [0.4, 0.5) is 0 Å². The van der Waals surface area contributed by atoms with Crippen LogP contribution in [0.25, 0.3) is 0 Å². The molecule has 1 aromatic rings. The maximum atomic E-state index is 5.78. The van der Waals surface area contributed by atoms with E-state index in [-0.39, 0.29) is 12.1 Å². The van der Waals surface area contributed by atoms with Gasteiger partial charge in [-0.1, -0.05) is 0 Å². The molecule has 1 aromatic heterocycles. The van der Waals surface area contributed by atoms with Gasteiger partial charge in [0.1, 0.15) is 6.33 Å². The largest absolute Gasteiger partial charge is 0.314 e. The molecule has 0 aromatic carbocycles. The second-order valence-corrected chi connectivity index (χ2v) is 2.79. The van der Waals surface area contributed by atoms with Crippen LogP contribution in [-0.4, -0.2) is 22.7 Å². The fraction of sp³-hybridized carbons (Fsp3) is 0.429. The first-order chi connectivity index (χ1) is 5.88. The molecule has 12 heavy (non-hydrogen) atoms. The van der Waals surface area contributed by atoms with Gasteiger partial charge in [-0.05, 0) is 6.07 Å². The molecule has 0 aliphatic carbocycles. The van der Waals surface area contributed by atoms with Crippen molar-refractivity contribution in [2.45, 2.75) is 12.1 Å². The number of hydrazine groups is 1. The average molecular weight is 165 g/mol. The molecule has 2 rings (SSSR count). The van der Waals surface area contributed by atoms with Crippen LogP contribution in [0.3, 0.4) is 0 Å². The van der Waals surface area contributed by atoms with E-state index in [1.54, 1.807) is 12.5 Å². The topological polar surface area (TPSA) is 75.9 Å². The summed E-state index contributed by atoms with van der Waals surface area (Å²) < 4.78 is 0. The molecule has 1 saturated heterocycles. The summed E-state index contributed by atoms with van der Waals surface area (Å²) in [6, 6.07) is 1.89. The van der Waals surface area contributed by atoms with Crippen LogP contribution in [-0.2, 0) is 0 Å². The van der Waals surface area contributed by atoms with E-state index >= 15 is 0 Å². The van der Waals surface area contributed by atoms with Crippen molar-refractivity contribution in [2.75, 3.05) is 6.54 Å². The highest BCUT2D eigenvalue weighted by Gasteiger charge is 2.25. The normalized spacial score (nSPS) is 29.1. The van der Waals surface area contributed by atoms with Crippen molar-refractivity contribution in [2.24, 2.45) is 5.73 Å². The molecule has 5 nitrogen and oxygen atoms in total. The molecule has 2 heterocycles. The first-order valence-corrected chi connectivity index (χ1v) is 3.88. The molecular weight excluding hydrogens is 154 g/mol. The predicted octanol–water partition coefficient (Wildman–Crippen LogP) is -1.05. The smallest absolute Gasteiger partial charge is 0.115 e. The second-order valence-electron chi connectivity index (χ2n) is 2.79. The van der Waals surface area contributed by atoms with Crippen molar-refractivity contribution >= 4 is 0 Å². The molecule has 64 valence electrons. The Bertz CT molecular complexity index is 249. The Balaban J connectivity index is 2.19. The Morgan fingerprint density at radius 1 is 1.58 bits per heavy atom. The minimum Gasteiger partial charge on any atom is -0.314 e. The van der Waals surface area contributed by atoms with E-state index in [4.69, 9.17) is 5.73 Å². The van der Waals surface area contributed by atoms with Crippen molar-refractivity contribution in [1.82, 2.24) is 20.8 Å². The van der Waals surface area contributed by atoms with E-state index in [1.165, 1.54) is 0 Å². The molecule has 0 saturated carbocycles. The summed E-state index contributed by atoms with van der Waals surface area (Å²) in [5, 5.41) is 0. The van der Waals surface area contributed by atoms with E-state index < -0.39 is 0 Å². The molecule has 0 bridgehead atoms. The van der Waals surface area contributed by atoms with Gasteiger partial charge in [-0.2, -0.15) is 0 Å². The summed E-state index contributed by atoms with van der Waals surface area (Å²) in [5.41, 5.74) is 12.7. The fourth-order valence-electron chi connectivity index (χ4n) is 1.32. The van der Waals surface area contributed by atoms with E-state index in [1.807, 2.05) is 6.07 Å². The number of nitrogens with zero attached hydrogens (tertiary/aromatic N) is 2. The lowest BCUT2D eigenvalue weighted by molar-refractivity contribution is 0.541. The van der Waals surface area contributed by atoms with Crippen LogP contribution < -0.4 is 16.6 Å². The van der Waals surface area contributed by atoms with Crippen LogP contribution in [0.1, 0.15) is 11.6 Å². The number of aromatic nitrogens is 2. The zero-order chi connectivity index (χ0) is 8.39. The first kappa shape index (κ1) is 7.60. The lowest BCUT2D eigenvalue weighted by Crippen LogP contribution is -2.38. The van der Waals surface area contributed by atoms with Gasteiger partial charge >= 0.3 is 0 Å². The van der Waals surface area contributed by atoms with Crippen molar-refractivity contribution in [1.29, 1.82) is 0 Å². The molecule has 4 N–H and O–H groups in total. The number of nitrogens with two attached hydrogens (primary N) is 1. The molecule has 1 fully saturated rings. The van der Waals surface area contributed by atoms with Crippen LogP contribution in [0.15, 0.2) is 18.6 Å². The predicted molar refractivity (Wildman–Crippen MR) is 43.9 cm³/mol. The Labute approximate surface area is 70.4 Å². The standard InChI is InChI=1S/C7H11N5/c8-7-5(3-11-12-7)6-1-2-9-4-10-6/h1-2,4-5,7,11-12H,3,8H2. The third-order valence-corrected chi connectivity index (χ3v) is 2.01. The summed E-state index contributed by atoms with van der Waals surface area (Å²) in [5.74, 6) is 0.244. The lowest BCUT2D eigenvalue weighted by atomic mass is 10.0. The van der Waals surface area contributed by atoms with Crippen molar-refractivity contribution in [3.05, 3.63) is 24.3 Å². The zero-order valence-electron chi connectivity index (χ0n) is 6.57. The van der Waals surface area contributed by atoms with E-state index in [9.17, 15) is 0 Å². The number of rotatable bonds is 1. The molecule has 0 spiro atoms. The summed E-state index contributed by atoms with van der Waals surface area (Å²) in [6.07, 6.45) is 3.22. The monoisotopic (exact) mass is 165 g/mol. The first-order valence-electron chi connectivity index (χ1n) is 3.88. The van der Waals surface area contributed by atoms with Gasteiger partial charge in [0, 0.05) is 18.7 Å². The number of nitrogens with one attached hydrogen (secondary N) is 2. The molecule has 1 aliphatic rings. The quantitative estimate of drug-likeness (QED) is 0.495. The Morgan fingerprint density at radius 3 is 3.08 bits per heavy atom. The average Bonchev–Trinajstić information content (AvgIpc) is 2.53. The lowest BCUT2D eigenvalue weighted by Gasteiger charge is -2.11. The molecule has 2 unspecified atom stereocenters. The third-order valence-electron chi connectivity index (χ3n) is 2.01. The molecule has 0 amide bonds. The summed E-state index contributed by atoms with van der Waals surface area (Å²) in [4.78, 5) is 7.99. The number of hydrogen-bond donors (Lipinski definition) is 3. The van der Waals surface area contributed by atoms with Crippen LogP contribution in [0.2, 0.25) is 0 Å². The van der Waals surface area contributed by atoms with E-state index in [0.717, 1.165) is 12.2 Å². The van der Waals surface area contributed by atoms with Gasteiger partial charge in [0.25, 0.3) is 0 Å². The fourth-order valence-corrected chi connectivity index (χ4v) is 1.32. The van der Waals surface area contributed by atoms with Crippen LogP contribution in [0, 0.1) is 0 Å². The van der Waals surface area contributed by atoms with Gasteiger partial charge in [0.05, 0.1) is 11.9 Å². The maximum Gasteiger partial charge on any atom is 0.115 e. The van der Waals surface area contributed by atoms with Gasteiger partial charge in [0.2, 0.25) is 0 Å². The highest BCUT2D eigenvalue weighted by atomic mass is 15.4. The highest BCUT2D eigenvalue weighted by molar-refractivity contribution is 5.10. The maximum absolute atomic E-state index is 5.78. The van der Waals surface area contributed by atoms with Crippen LogP contribution in [0.5, 0.6) is 0 Å². The summed E-state index contributed by atoms with van der Waals surface area (Å²) in [7, 11) is 0. The minimum absolute atomic E-state index is 0.0556. The van der Waals surface area contributed by atoms with Gasteiger partial charge < -0.3 is 5.73 Å². The molecule has 1 aliphatic heterocycles. The SMILES string of the molecule is NC1NNCC1c1ccncn1. The third kappa shape index (κ3) is 1.29. The Kier molecular flexibility index (Phi) is 1.99. The van der Waals surface area contributed by atoms with E-state index in [0.29, 0.717) is 0 Å². The molecule has 5 heteroatoms. The molecule has 2 atom stereocenters. The number of hydrogen-bond acceptors (Lipinski definition) is 5. The van der Waals surface area contributed by atoms with Crippen molar-refractivity contribution in [3.8, 4) is 0 Å².